The highest BCUT2D eigenvalue weighted by Gasteiger charge is 2.23. The Bertz CT molecular complexity index is 864. The van der Waals surface area contributed by atoms with E-state index in [4.69, 9.17) is 0 Å². The first-order valence-electron chi connectivity index (χ1n) is 8.00. The first kappa shape index (κ1) is 14.4. The summed E-state index contributed by atoms with van der Waals surface area (Å²) in [5.74, 6) is 0. The molecule has 4 rings (SSSR count). The zero-order chi connectivity index (χ0) is 16.0. The van der Waals surface area contributed by atoms with E-state index < -0.39 is 6.67 Å². The standard InChI is InChI=1S/C19H20FN3/c1-13-3-6-18-16(9-13)17-12-22(2)8-7-19(17)23(18)15-5-4-14(10-20)21-11-15/h3-6,9,11H,7-8,10,12H2,1-2H3. The summed E-state index contributed by atoms with van der Waals surface area (Å²) in [4.78, 5) is 6.60. The van der Waals surface area contributed by atoms with Crippen LogP contribution in [-0.4, -0.2) is 28.0 Å². The van der Waals surface area contributed by atoms with Gasteiger partial charge in [0.15, 0.2) is 0 Å². The van der Waals surface area contributed by atoms with Gasteiger partial charge in [-0.3, -0.25) is 4.98 Å². The summed E-state index contributed by atoms with van der Waals surface area (Å²) in [5.41, 5.74) is 6.75. The number of rotatable bonds is 2. The molecule has 1 aliphatic rings. The summed E-state index contributed by atoms with van der Waals surface area (Å²) >= 11 is 0. The Morgan fingerprint density at radius 3 is 2.83 bits per heavy atom. The van der Waals surface area contributed by atoms with Gasteiger partial charge in [0.1, 0.15) is 6.67 Å². The summed E-state index contributed by atoms with van der Waals surface area (Å²) in [7, 11) is 2.17. The maximum Gasteiger partial charge on any atom is 0.131 e. The van der Waals surface area contributed by atoms with Gasteiger partial charge in [-0.2, -0.15) is 0 Å². The molecule has 23 heavy (non-hydrogen) atoms. The van der Waals surface area contributed by atoms with Crippen LogP contribution >= 0.6 is 0 Å². The third-order valence-corrected chi connectivity index (χ3v) is 4.70. The molecular weight excluding hydrogens is 289 g/mol. The van der Waals surface area contributed by atoms with Crippen LogP contribution in [0.15, 0.2) is 36.5 Å². The van der Waals surface area contributed by atoms with Gasteiger partial charge in [-0.25, -0.2) is 4.39 Å². The van der Waals surface area contributed by atoms with Crippen molar-refractivity contribution in [2.24, 2.45) is 0 Å². The number of pyridine rings is 1. The Morgan fingerprint density at radius 1 is 1.22 bits per heavy atom. The molecule has 3 nitrogen and oxygen atoms in total. The second-order valence-electron chi connectivity index (χ2n) is 6.41. The van der Waals surface area contributed by atoms with Gasteiger partial charge in [0.25, 0.3) is 0 Å². The first-order chi connectivity index (χ1) is 11.2. The highest BCUT2D eigenvalue weighted by molar-refractivity contribution is 5.88. The molecule has 0 aliphatic carbocycles. The van der Waals surface area contributed by atoms with E-state index in [-0.39, 0.29) is 0 Å². The van der Waals surface area contributed by atoms with Gasteiger partial charge in [0.05, 0.1) is 23.1 Å². The fourth-order valence-corrected chi connectivity index (χ4v) is 3.53. The molecular formula is C19H20FN3. The number of hydrogen-bond acceptors (Lipinski definition) is 2. The topological polar surface area (TPSA) is 21.1 Å². The Kier molecular flexibility index (Phi) is 3.42. The smallest absolute Gasteiger partial charge is 0.131 e. The largest absolute Gasteiger partial charge is 0.312 e. The van der Waals surface area contributed by atoms with Crippen molar-refractivity contribution in [3.8, 4) is 5.69 Å². The quantitative estimate of drug-likeness (QED) is 0.718. The first-order valence-corrected chi connectivity index (χ1v) is 8.00. The van der Waals surface area contributed by atoms with Crippen molar-refractivity contribution in [3.63, 3.8) is 0 Å². The number of nitrogens with zero attached hydrogens (tertiary/aromatic N) is 3. The van der Waals surface area contributed by atoms with E-state index in [1.165, 1.54) is 27.7 Å². The van der Waals surface area contributed by atoms with Gasteiger partial charge in [-0.05, 0) is 43.8 Å². The van der Waals surface area contributed by atoms with Crippen LogP contribution < -0.4 is 0 Å². The van der Waals surface area contributed by atoms with E-state index in [0.29, 0.717) is 5.69 Å². The van der Waals surface area contributed by atoms with Crippen molar-refractivity contribution in [1.29, 1.82) is 0 Å². The van der Waals surface area contributed by atoms with Gasteiger partial charge in [0, 0.05) is 30.6 Å². The SMILES string of the molecule is Cc1ccc2c(c1)c1c(n2-c2ccc(CF)nc2)CCN(C)C1. The number of aryl methyl sites for hydroxylation is 1. The zero-order valence-electron chi connectivity index (χ0n) is 13.5. The molecule has 0 saturated carbocycles. The summed E-state index contributed by atoms with van der Waals surface area (Å²) in [5, 5.41) is 1.32. The van der Waals surface area contributed by atoms with Gasteiger partial charge < -0.3 is 9.47 Å². The van der Waals surface area contributed by atoms with Gasteiger partial charge in [0.2, 0.25) is 0 Å². The minimum Gasteiger partial charge on any atom is -0.312 e. The average molecular weight is 309 g/mol. The minimum atomic E-state index is -0.519. The molecule has 1 aliphatic heterocycles. The molecule has 0 fully saturated rings. The predicted molar refractivity (Wildman–Crippen MR) is 90.7 cm³/mol. The molecule has 0 spiro atoms. The number of alkyl halides is 1. The second kappa shape index (κ2) is 5.46. The zero-order valence-corrected chi connectivity index (χ0v) is 13.5. The van der Waals surface area contributed by atoms with E-state index in [1.54, 1.807) is 12.3 Å². The lowest BCUT2D eigenvalue weighted by molar-refractivity contribution is 0.311. The van der Waals surface area contributed by atoms with Crippen molar-refractivity contribution in [3.05, 3.63) is 59.0 Å². The number of fused-ring (bicyclic) bond motifs is 3. The van der Waals surface area contributed by atoms with Crippen LogP contribution in [0.4, 0.5) is 4.39 Å². The fraction of sp³-hybridized carbons (Fsp3) is 0.316. The van der Waals surface area contributed by atoms with E-state index in [2.05, 4.69) is 46.6 Å². The molecule has 118 valence electrons. The van der Waals surface area contributed by atoms with Gasteiger partial charge >= 0.3 is 0 Å². The van der Waals surface area contributed by atoms with Crippen LogP contribution in [0.3, 0.4) is 0 Å². The summed E-state index contributed by atoms with van der Waals surface area (Å²) in [6.07, 6.45) is 2.80. The molecule has 0 N–H and O–H groups in total. The third kappa shape index (κ3) is 2.34. The summed E-state index contributed by atoms with van der Waals surface area (Å²) in [6.45, 7) is 3.64. The molecule has 1 aromatic carbocycles. The normalized spacial score (nSPS) is 15.1. The maximum atomic E-state index is 12.7. The summed E-state index contributed by atoms with van der Waals surface area (Å²) < 4.78 is 15.0. The predicted octanol–water partition coefficient (Wildman–Crippen LogP) is 3.79. The number of benzene rings is 1. The molecule has 4 heteroatoms. The monoisotopic (exact) mass is 309 g/mol. The van der Waals surface area contributed by atoms with E-state index in [1.807, 2.05) is 6.07 Å². The molecule has 3 heterocycles. The van der Waals surface area contributed by atoms with Crippen LogP contribution in [0.5, 0.6) is 0 Å². The average Bonchev–Trinajstić information content (AvgIpc) is 2.88. The number of aromatic nitrogens is 2. The van der Waals surface area contributed by atoms with Crippen LogP contribution in [0.1, 0.15) is 22.5 Å². The third-order valence-electron chi connectivity index (χ3n) is 4.70. The molecule has 3 aromatic rings. The minimum absolute atomic E-state index is 0.481. The van der Waals surface area contributed by atoms with Crippen LogP contribution in [-0.2, 0) is 19.6 Å². The molecule has 0 amide bonds. The van der Waals surface area contributed by atoms with E-state index >= 15 is 0 Å². The molecule has 0 radical (unpaired) electrons. The number of likely N-dealkylation sites (N-methyl/N-ethyl adjacent to an activating group) is 1. The lowest BCUT2D eigenvalue weighted by Crippen LogP contribution is -2.27. The molecule has 0 atom stereocenters. The molecule has 2 aromatic heterocycles. The van der Waals surface area contributed by atoms with Crippen LogP contribution in [0.2, 0.25) is 0 Å². The van der Waals surface area contributed by atoms with Crippen molar-refractivity contribution in [1.82, 2.24) is 14.5 Å². The maximum absolute atomic E-state index is 12.7. The van der Waals surface area contributed by atoms with Crippen LogP contribution in [0.25, 0.3) is 16.6 Å². The lowest BCUT2D eigenvalue weighted by atomic mass is 10.0. The Morgan fingerprint density at radius 2 is 2.09 bits per heavy atom. The molecule has 0 unspecified atom stereocenters. The second-order valence-corrected chi connectivity index (χ2v) is 6.41. The Balaban J connectivity index is 1.98. The van der Waals surface area contributed by atoms with Crippen molar-refractivity contribution < 1.29 is 4.39 Å². The fourth-order valence-electron chi connectivity index (χ4n) is 3.53. The number of hydrogen-bond donors (Lipinski definition) is 0. The number of halogens is 1. The van der Waals surface area contributed by atoms with Crippen molar-refractivity contribution >= 4 is 10.9 Å². The highest BCUT2D eigenvalue weighted by Crippen LogP contribution is 2.33. The lowest BCUT2D eigenvalue weighted by Gasteiger charge is -2.24. The van der Waals surface area contributed by atoms with Gasteiger partial charge in [-0.1, -0.05) is 11.6 Å². The van der Waals surface area contributed by atoms with E-state index in [0.717, 1.165) is 25.2 Å². The Labute approximate surface area is 135 Å². The van der Waals surface area contributed by atoms with Crippen molar-refractivity contribution in [2.45, 2.75) is 26.6 Å². The van der Waals surface area contributed by atoms with Gasteiger partial charge in [-0.15, -0.1) is 0 Å². The van der Waals surface area contributed by atoms with E-state index in [9.17, 15) is 4.39 Å². The van der Waals surface area contributed by atoms with Crippen LogP contribution in [0, 0.1) is 6.92 Å². The van der Waals surface area contributed by atoms with Crippen molar-refractivity contribution in [2.75, 3.05) is 13.6 Å². The molecule has 0 saturated heterocycles. The molecule has 0 bridgehead atoms. The summed E-state index contributed by atoms with van der Waals surface area (Å²) in [6, 6.07) is 10.4. The Hall–Kier alpha value is -2.20. The highest BCUT2D eigenvalue weighted by atomic mass is 19.1.